The maximum atomic E-state index is 4.42. The number of rotatable bonds is 3. The molecule has 1 aromatic rings. The van der Waals surface area contributed by atoms with Crippen LogP contribution in [0.25, 0.3) is 0 Å². The minimum absolute atomic E-state index is 0.369. The molecular weight excluding hydrogens is 240 g/mol. The van der Waals surface area contributed by atoms with E-state index in [1.165, 1.54) is 5.56 Å². The van der Waals surface area contributed by atoms with Crippen LogP contribution in [0.15, 0.2) is 18.3 Å². The van der Waals surface area contributed by atoms with Crippen LogP contribution in [-0.4, -0.2) is 18.1 Å². The Hall–Kier alpha value is -0.570. The number of alkyl halides is 1. The van der Waals surface area contributed by atoms with Gasteiger partial charge in [0.1, 0.15) is 5.82 Å². The first-order valence-electron chi connectivity index (χ1n) is 4.85. The van der Waals surface area contributed by atoms with Crippen molar-refractivity contribution in [2.75, 3.05) is 11.9 Å². The molecule has 0 aliphatic heterocycles. The standard InChI is InChI=1S/C11H17BrN2/c1-8(2)14(4)11-6-5-10(7-13-11)9(3)12/h5-9H,1-4H3. The summed E-state index contributed by atoms with van der Waals surface area (Å²) in [6.45, 7) is 6.41. The Kier molecular flexibility index (Phi) is 3.93. The molecule has 0 bridgehead atoms. The summed E-state index contributed by atoms with van der Waals surface area (Å²) in [5.74, 6) is 1.02. The highest BCUT2D eigenvalue weighted by atomic mass is 79.9. The van der Waals surface area contributed by atoms with E-state index in [9.17, 15) is 0 Å². The number of halogens is 1. The predicted molar refractivity (Wildman–Crippen MR) is 65.1 cm³/mol. The molecule has 0 aliphatic carbocycles. The van der Waals surface area contributed by atoms with Crippen LogP contribution in [0.3, 0.4) is 0 Å². The van der Waals surface area contributed by atoms with Gasteiger partial charge in [0.05, 0.1) is 0 Å². The van der Waals surface area contributed by atoms with Crippen molar-refractivity contribution in [2.45, 2.75) is 31.6 Å². The molecule has 0 N–H and O–H groups in total. The predicted octanol–water partition coefficient (Wildman–Crippen LogP) is 3.38. The number of hydrogen-bond acceptors (Lipinski definition) is 2. The lowest BCUT2D eigenvalue weighted by Gasteiger charge is -2.22. The number of hydrogen-bond donors (Lipinski definition) is 0. The smallest absolute Gasteiger partial charge is 0.128 e. The number of aromatic nitrogens is 1. The fourth-order valence-corrected chi connectivity index (χ4v) is 1.38. The first-order chi connectivity index (χ1) is 6.52. The van der Waals surface area contributed by atoms with E-state index in [0.717, 1.165) is 5.82 Å². The summed E-state index contributed by atoms with van der Waals surface area (Å²) in [5, 5.41) is 0. The molecule has 1 rings (SSSR count). The second-order valence-electron chi connectivity index (χ2n) is 3.77. The Morgan fingerprint density at radius 2 is 1.93 bits per heavy atom. The molecule has 1 heterocycles. The molecule has 1 aromatic heterocycles. The van der Waals surface area contributed by atoms with Crippen LogP contribution in [0.5, 0.6) is 0 Å². The molecule has 1 atom stereocenters. The molecule has 0 radical (unpaired) electrons. The van der Waals surface area contributed by atoms with Crippen LogP contribution in [0.2, 0.25) is 0 Å². The lowest BCUT2D eigenvalue weighted by atomic mass is 10.2. The SMILES string of the molecule is CC(Br)c1ccc(N(C)C(C)C)nc1. The highest BCUT2D eigenvalue weighted by Crippen LogP contribution is 2.22. The van der Waals surface area contributed by atoms with Gasteiger partial charge in [0.15, 0.2) is 0 Å². The van der Waals surface area contributed by atoms with E-state index in [-0.39, 0.29) is 0 Å². The fourth-order valence-electron chi connectivity index (χ4n) is 1.11. The minimum Gasteiger partial charge on any atom is -0.357 e. The van der Waals surface area contributed by atoms with Gasteiger partial charge >= 0.3 is 0 Å². The molecule has 0 saturated heterocycles. The summed E-state index contributed by atoms with van der Waals surface area (Å²) in [4.78, 5) is 6.94. The summed E-state index contributed by atoms with van der Waals surface area (Å²) >= 11 is 3.52. The summed E-state index contributed by atoms with van der Waals surface area (Å²) in [6, 6.07) is 4.66. The van der Waals surface area contributed by atoms with Crippen LogP contribution in [0.4, 0.5) is 5.82 Å². The maximum Gasteiger partial charge on any atom is 0.128 e. The van der Waals surface area contributed by atoms with Crippen LogP contribution < -0.4 is 4.90 Å². The van der Waals surface area contributed by atoms with Gasteiger partial charge in [-0.1, -0.05) is 22.0 Å². The van der Waals surface area contributed by atoms with Crippen molar-refractivity contribution in [2.24, 2.45) is 0 Å². The van der Waals surface area contributed by atoms with Gasteiger partial charge in [0, 0.05) is 24.1 Å². The van der Waals surface area contributed by atoms with Crippen molar-refractivity contribution in [3.8, 4) is 0 Å². The second kappa shape index (κ2) is 4.78. The molecule has 0 aromatic carbocycles. The molecule has 0 amide bonds. The van der Waals surface area contributed by atoms with Gasteiger partial charge in [0.25, 0.3) is 0 Å². The monoisotopic (exact) mass is 256 g/mol. The van der Waals surface area contributed by atoms with Crippen LogP contribution in [0.1, 0.15) is 31.2 Å². The third kappa shape index (κ3) is 2.71. The van der Waals surface area contributed by atoms with E-state index in [4.69, 9.17) is 0 Å². The van der Waals surface area contributed by atoms with Crippen molar-refractivity contribution in [1.82, 2.24) is 4.98 Å². The average Bonchev–Trinajstić information content (AvgIpc) is 2.16. The van der Waals surface area contributed by atoms with Crippen molar-refractivity contribution in [3.05, 3.63) is 23.9 Å². The zero-order chi connectivity index (χ0) is 10.7. The summed E-state index contributed by atoms with van der Waals surface area (Å²) < 4.78 is 0. The fraction of sp³-hybridized carbons (Fsp3) is 0.545. The molecule has 0 spiro atoms. The molecule has 0 fully saturated rings. The Balaban J connectivity index is 2.83. The zero-order valence-corrected chi connectivity index (χ0v) is 10.7. The molecule has 14 heavy (non-hydrogen) atoms. The molecule has 1 unspecified atom stereocenters. The largest absolute Gasteiger partial charge is 0.357 e. The number of nitrogens with zero attached hydrogens (tertiary/aromatic N) is 2. The molecular formula is C11H17BrN2. The van der Waals surface area contributed by atoms with Crippen LogP contribution in [0, 0.1) is 0 Å². The quantitative estimate of drug-likeness (QED) is 0.771. The zero-order valence-electron chi connectivity index (χ0n) is 9.16. The molecule has 78 valence electrons. The van der Waals surface area contributed by atoms with Crippen LogP contribution >= 0.6 is 15.9 Å². The Labute approximate surface area is 94.5 Å². The first-order valence-corrected chi connectivity index (χ1v) is 5.76. The van der Waals surface area contributed by atoms with Crippen LogP contribution in [-0.2, 0) is 0 Å². The van der Waals surface area contributed by atoms with Crippen molar-refractivity contribution < 1.29 is 0 Å². The maximum absolute atomic E-state index is 4.42. The Morgan fingerprint density at radius 1 is 1.29 bits per heavy atom. The van der Waals surface area contributed by atoms with E-state index in [1.807, 2.05) is 6.20 Å². The van der Waals surface area contributed by atoms with Gasteiger partial charge in [-0.2, -0.15) is 0 Å². The molecule has 0 saturated carbocycles. The van der Waals surface area contributed by atoms with Crippen molar-refractivity contribution >= 4 is 21.7 Å². The van der Waals surface area contributed by atoms with E-state index < -0.39 is 0 Å². The summed E-state index contributed by atoms with van der Waals surface area (Å²) in [5.41, 5.74) is 1.21. The van der Waals surface area contributed by atoms with E-state index in [1.54, 1.807) is 0 Å². The van der Waals surface area contributed by atoms with Gasteiger partial charge in [-0.25, -0.2) is 4.98 Å². The number of anilines is 1. The van der Waals surface area contributed by atoms with Gasteiger partial charge < -0.3 is 4.90 Å². The Morgan fingerprint density at radius 3 is 2.29 bits per heavy atom. The lowest BCUT2D eigenvalue weighted by Crippen LogP contribution is -2.26. The molecule has 3 heteroatoms. The molecule has 2 nitrogen and oxygen atoms in total. The van der Waals surface area contributed by atoms with Gasteiger partial charge in [0.2, 0.25) is 0 Å². The number of pyridine rings is 1. The second-order valence-corrected chi connectivity index (χ2v) is 5.14. The topological polar surface area (TPSA) is 16.1 Å². The molecule has 0 aliphatic rings. The van der Waals surface area contributed by atoms with Crippen molar-refractivity contribution in [3.63, 3.8) is 0 Å². The summed E-state index contributed by atoms with van der Waals surface area (Å²) in [6.07, 6.45) is 1.92. The van der Waals surface area contributed by atoms with Gasteiger partial charge in [-0.05, 0) is 32.4 Å². The third-order valence-corrected chi connectivity index (χ3v) is 2.89. The minimum atomic E-state index is 0.369. The first kappa shape index (κ1) is 11.5. The summed E-state index contributed by atoms with van der Waals surface area (Å²) in [7, 11) is 2.06. The van der Waals surface area contributed by atoms with E-state index in [0.29, 0.717) is 10.9 Å². The highest BCUT2D eigenvalue weighted by Gasteiger charge is 2.07. The Bertz CT molecular complexity index is 280. The highest BCUT2D eigenvalue weighted by molar-refractivity contribution is 9.09. The van der Waals surface area contributed by atoms with Gasteiger partial charge in [-0.3, -0.25) is 0 Å². The lowest BCUT2D eigenvalue weighted by molar-refractivity contribution is 0.742. The van der Waals surface area contributed by atoms with Gasteiger partial charge in [-0.15, -0.1) is 0 Å². The van der Waals surface area contributed by atoms with Crippen molar-refractivity contribution in [1.29, 1.82) is 0 Å². The van der Waals surface area contributed by atoms with E-state index >= 15 is 0 Å². The normalized spacial score (nSPS) is 13.0. The average molecular weight is 257 g/mol. The van der Waals surface area contributed by atoms with E-state index in [2.05, 4.69) is 65.8 Å². The third-order valence-electron chi connectivity index (χ3n) is 2.37.